The summed E-state index contributed by atoms with van der Waals surface area (Å²) in [6, 6.07) is 4.59. The lowest BCUT2D eigenvalue weighted by atomic mass is 10.2. The summed E-state index contributed by atoms with van der Waals surface area (Å²) in [7, 11) is 4.80. The lowest BCUT2D eigenvalue weighted by Crippen LogP contribution is -2.41. The van der Waals surface area contributed by atoms with Crippen LogP contribution in [0.3, 0.4) is 0 Å². The van der Waals surface area contributed by atoms with Crippen LogP contribution < -0.4 is 10.1 Å². The van der Waals surface area contributed by atoms with Gasteiger partial charge in [-0.15, -0.1) is 0 Å². The zero-order chi connectivity index (χ0) is 13.7. The zero-order valence-corrected chi connectivity index (χ0v) is 11.2. The minimum atomic E-state index is -0.392. The Balaban J connectivity index is 2.67. The molecule has 5 heteroatoms. The van der Waals surface area contributed by atoms with Gasteiger partial charge >= 0.3 is 0 Å². The summed E-state index contributed by atoms with van der Waals surface area (Å²) in [5.41, 5.74) is 0.479. The molecule has 0 bridgehead atoms. The molecule has 0 aliphatic carbocycles. The topological polar surface area (TPSA) is 41.6 Å². The molecule has 1 unspecified atom stereocenters. The number of amides is 1. The molecule has 0 aliphatic heterocycles. The second kappa shape index (κ2) is 6.35. The molecule has 4 nitrogen and oxygen atoms in total. The number of nitrogens with one attached hydrogen (secondary N) is 1. The molecule has 1 rings (SSSR count). The first kappa shape index (κ1) is 14.4. The maximum absolute atomic E-state index is 13.8. The fourth-order valence-corrected chi connectivity index (χ4v) is 1.59. The van der Waals surface area contributed by atoms with Gasteiger partial charge in [0.2, 0.25) is 5.91 Å². The maximum Gasteiger partial charge on any atom is 0.238 e. The number of carbonyl (C=O) groups is 1. The summed E-state index contributed by atoms with van der Waals surface area (Å²) in [6.45, 7) is 2.03. The molecule has 1 atom stereocenters. The molecule has 0 saturated carbocycles. The van der Waals surface area contributed by atoms with Crippen molar-refractivity contribution < 1.29 is 13.9 Å². The molecule has 0 spiro atoms. The Morgan fingerprint density at radius 1 is 1.50 bits per heavy atom. The van der Waals surface area contributed by atoms with Gasteiger partial charge in [0.25, 0.3) is 0 Å². The largest absolute Gasteiger partial charge is 0.494 e. The Bertz CT molecular complexity index is 421. The van der Waals surface area contributed by atoms with E-state index in [1.54, 1.807) is 39.2 Å². The summed E-state index contributed by atoms with van der Waals surface area (Å²) < 4.78 is 18.7. The van der Waals surface area contributed by atoms with E-state index in [0.717, 1.165) is 0 Å². The van der Waals surface area contributed by atoms with E-state index in [4.69, 9.17) is 4.74 Å². The first-order chi connectivity index (χ1) is 8.47. The molecule has 0 saturated heterocycles. The highest BCUT2D eigenvalue weighted by Crippen LogP contribution is 2.19. The summed E-state index contributed by atoms with van der Waals surface area (Å²) >= 11 is 0. The molecular formula is C13H19FN2O2. The third kappa shape index (κ3) is 3.43. The number of ether oxygens (including phenoxy) is 1. The minimum absolute atomic E-state index is 0.0432. The van der Waals surface area contributed by atoms with E-state index in [9.17, 15) is 9.18 Å². The average molecular weight is 254 g/mol. The third-order valence-corrected chi connectivity index (χ3v) is 2.67. The Kier molecular flexibility index (Phi) is 5.09. The van der Waals surface area contributed by atoms with E-state index in [0.29, 0.717) is 5.56 Å². The molecule has 0 aliphatic rings. The second-order valence-corrected chi connectivity index (χ2v) is 4.27. The highest BCUT2D eigenvalue weighted by atomic mass is 19.1. The van der Waals surface area contributed by atoms with Crippen molar-refractivity contribution in [2.45, 2.75) is 19.5 Å². The van der Waals surface area contributed by atoms with Gasteiger partial charge in [-0.2, -0.15) is 0 Å². The SMILES string of the molecule is COc1cccc(CNC(C)C(=O)N(C)C)c1F. The first-order valence-electron chi connectivity index (χ1n) is 5.73. The fraction of sp³-hybridized carbons (Fsp3) is 0.462. The van der Waals surface area contributed by atoms with Crippen molar-refractivity contribution in [1.82, 2.24) is 10.2 Å². The van der Waals surface area contributed by atoms with E-state index in [-0.39, 0.29) is 24.2 Å². The molecule has 0 heterocycles. The van der Waals surface area contributed by atoms with Crippen molar-refractivity contribution in [2.24, 2.45) is 0 Å². The Hall–Kier alpha value is -1.62. The van der Waals surface area contributed by atoms with Gasteiger partial charge in [0.1, 0.15) is 0 Å². The van der Waals surface area contributed by atoms with Crippen molar-refractivity contribution in [3.63, 3.8) is 0 Å². The van der Waals surface area contributed by atoms with Gasteiger partial charge in [-0.25, -0.2) is 4.39 Å². The predicted octanol–water partition coefficient (Wildman–Crippen LogP) is 1.40. The zero-order valence-electron chi connectivity index (χ0n) is 11.2. The van der Waals surface area contributed by atoms with Crippen LogP contribution in [0.2, 0.25) is 0 Å². The summed E-state index contributed by atoms with van der Waals surface area (Å²) in [6.07, 6.45) is 0. The van der Waals surface area contributed by atoms with E-state index >= 15 is 0 Å². The highest BCUT2D eigenvalue weighted by molar-refractivity contribution is 5.80. The van der Waals surface area contributed by atoms with Crippen LogP contribution in [-0.2, 0) is 11.3 Å². The summed E-state index contributed by atoms with van der Waals surface area (Å²) in [5, 5.41) is 2.99. The predicted molar refractivity (Wildman–Crippen MR) is 67.9 cm³/mol. The molecule has 0 fully saturated rings. The highest BCUT2D eigenvalue weighted by Gasteiger charge is 2.15. The van der Waals surface area contributed by atoms with Gasteiger partial charge in [-0.1, -0.05) is 12.1 Å². The number of methoxy groups -OCH3 is 1. The van der Waals surface area contributed by atoms with E-state index < -0.39 is 5.82 Å². The normalized spacial score (nSPS) is 12.1. The summed E-state index contributed by atoms with van der Waals surface area (Å²) in [4.78, 5) is 13.1. The summed E-state index contributed by atoms with van der Waals surface area (Å²) in [5.74, 6) is -0.226. The van der Waals surface area contributed by atoms with Gasteiger partial charge in [0, 0.05) is 26.2 Å². The molecule has 1 aromatic carbocycles. The Labute approximate surface area is 107 Å². The van der Waals surface area contributed by atoms with E-state index in [1.165, 1.54) is 12.0 Å². The van der Waals surface area contributed by atoms with Gasteiger partial charge in [-0.05, 0) is 13.0 Å². The molecule has 100 valence electrons. The van der Waals surface area contributed by atoms with Crippen molar-refractivity contribution in [3.8, 4) is 5.75 Å². The van der Waals surface area contributed by atoms with Crippen LogP contribution in [-0.4, -0.2) is 38.1 Å². The number of carbonyl (C=O) groups excluding carboxylic acids is 1. The lowest BCUT2D eigenvalue weighted by molar-refractivity contribution is -0.130. The standard InChI is InChI=1S/C13H19FN2O2/c1-9(13(17)16(2)3)15-8-10-6-5-7-11(18-4)12(10)14/h5-7,9,15H,8H2,1-4H3. The number of halogens is 1. The molecule has 1 amide bonds. The number of nitrogens with zero attached hydrogens (tertiary/aromatic N) is 1. The molecule has 0 aromatic heterocycles. The third-order valence-electron chi connectivity index (χ3n) is 2.67. The Morgan fingerprint density at radius 3 is 2.72 bits per heavy atom. The van der Waals surface area contributed by atoms with Gasteiger partial charge in [0.15, 0.2) is 11.6 Å². The molecule has 1 N–H and O–H groups in total. The monoisotopic (exact) mass is 254 g/mol. The van der Waals surface area contributed by atoms with E-state index in [2.05, 4.69) is 5.32 Å². The van der Waals surface area contributed by atoms with Crippen LogP contribution in [0.25, 0.3) is 0 Å². The van der Waals surface area contributed by atoms with Crippen LogP contribution >= 0.6 is 0 Å². The Morgan fingerprint density at radius 2 is 2.17 bits per heavy atom. The molecule has 18 heavy (non-hydrogen) atoms. The minimum Gasteiger partial charge on any atom is -0.494 e. The van der Waals surface area contributed by atoms with Gasteiger partial charge < -0.3 is 15.0 Å². The van der Waals surface area contributed by atoms with Crippen LogP contribution in [0, 0.1) is 5.82 Å². The molecule has 1 aromatic rings. The van der Waals surface area contributed by atoms with Crippen molar-refractivity contribution >= 4 is 5.91 Å². The molecular weight excluding hydrogens is 235 g/mol. The smallest absolute Gasteiger partial charge is 0.238 e. The fourth-order valence-electron chi connectivity index (χ4n) is 1.59. The number of benzene rings is 1. The first-order valence-corrected chi connectivity index (χ1v) is 5.73. The van der Waals surface area contributed by atoms with Crippen LogP contribution in [0.5, 0.6) is 5.75 Å². The van der Waals surface area contributed by atoms with Gasteiger partial charge in [0.05, 0.1) is 13.2 Å². The van der Waals surface area contributed by atoms with Crippen LogP contribution in [0.15, 0.2) is 18.2 Å². The number of hydrogen-bond acceptors (Lipinski definition) is 3. The number of likely N-dealkylation sites (N-methyl/N-ethyl adjacent to an activating group) is 1. The van der Waals surface area contributed by atoms with Crippen molar-refractivity contribution in [3.05, 3.63) is 29.6 Å². The second-order valence-electron chi connectivity index (χ2n) is 4.27. The van der Waals surface area contributed by atoms with Crippen LogP contribution in [0.1, 0.15) is 12.5 Å². The van der Waals surface area contributed by atoms with Gasteiger partial charge in [-0.3, -0.25) is 4.79 Å². The quantitative estimate of drug-likeness (QED) is 0.863. The maximum atomic E-state index is 13.8. The van der Waals surface area contributed by atoms with Crippen LogP contribution in [0.4, 0.5) is 4.39 Å². The number of hydrogen-bond donors (Lipinski definition) is 1. The lowest BCUT2D eigenvalue weighted by Gasteiger charge is -2.18. The van der Waals surface area contributed by atoms with Crippen molar-refractivity contribution in [1.29, 1.82) is 0 Å². The van der Waals surface area contributed by atoms with E-state index in [1.807, 2.05) is 0 Å². The average Bonchev–Trinajstić information content (AvgIpc) is 2.36. The number of rotatable bonds is 5. The van der Waals surface area contributed by atoms with Crippen molar-refractivity contribution in [2.75, 3.05) is 21.2 Å². The molecule has 0 radical (unpaired) electrons.